The summed E-state index contributed by atoms with van der Waals surface area (Å²) in [5.41, 5.74) is 0.560. The van der Waals surface area contributed by atoms with Crippen molar-refractivity contribution in [3.05, 3.63) is 32.7 Å². The topological polar surface area (TPSA) is 40.6 Å². The molecule has 0 bridgehead atoms. The summed E-state index contributed by atoms with van der Waals surface area (Å²) < 4.78 is 1.62. The van der Waals surface area contributed by atoms with Crippen molar-refractivity contribution in [3.63, 3.8) is 0 Å². The molecule has 2 amide bonds. The maximum Gasteiger partial charge on any atom is 0.255 e. The summed E-state index contributed by atoms with van der Waals surface area (Å²) in [6, 6.07) is 5.38. The highest BCUT2D eigenvalue weighted by molar-refractivity contribution is 9.11. The molecule has 1 fully saturated rings. The van der Waals surface area contributed by atoms with Crippen LogP contribution in [0.1, 0.15) is 23.2 Å². The molecule has 0 aliphatic carbocycles. The number of hydrogen-bond acceptors (Lipinski definition) is 2. The lowest BCUT2D eigenvalue weighted by molar-refractivity contribution is -0.130. The lowest BCUT2D eigenvalue weighted by Crippen LogP contribution is -2.39. The number of amides is 2. The number of halogens is 2. The molecule has 0 atom stereocenters. The van der Waals surface area contributed by atoms with Gasteiger partial charge in [0.25, 0.3) is 5.91 Å². The number of carbonyl (C=O) groups is 2. The maximum atomic E-state index is 12.3. The number of likely N-dealkylation sites (N-methyl/N-ethyl adjacent to an activating group) is 1. The smallest absolute Gasteiger partial charge is 0.255 e. The molecule has 20 heavy (non-hydrogen) atoms. The van der Waals surface area contributed by atoms with Gasteiger partial charge >= 0.3 is 0 Å². The third kappa shape index (κ3) is 3.61. The first kappa shape index (κ1) is 15.5. The van der Waals surface area contributed by atoms with Crippen LogP contribution in [0, 0.1) is 0 Å². The largest absolute Gasteiger partial charge is 0.341 e. The molecule has 0 N–H and O–H groups in total. The fourth-order valence-electron chi connectivity index (χ4n) is 2.21. The van der Waals surface area contributed by atoms with E-state index in [0.29, 0.717) is 5.56 Å². The van der Waals surface area contributed by atoms with Gasteiger partial charge in [-0.3, -0.25) is 9.59 Å². The second-order valence-corrected chi connectivity index (χ2v) is 6.64. The van der Waals surface area contributed by atoms with Gasteiger partial charge in [-0.25, -0.2) is 0 Å². The molecule has 1 aliphatic rings. The summed E-state index contributed by atoms with van der Waals surface area (Å²) in [4.78, 5) is 27.7. The van der Waals surface area contributed by atoms with Crippen molar-refractivity contribution >= 4 is 43.7 Å². The van der Waals surface area contributed by atoms with E-state index in [1.165, 1.54) is 4.90 Å². The van der Waals surface area contributed by atoms with Crippen molar-refractivity contribution in [2.45, 2.75) is 12.8 Å². The first-order valence-electron chi connectivity index (χ1n) is 6.47. The summed E-state index contributed by atoms with van der Waals surface area (Å²) in [6.45, 7) is 1.74. The minimum atomic E-state index is -0.156. The van der Waals surface area contributed by atoms with Crippen LogP contribution < -0.4 is 0 Å². The van der Waals surface area contributed by atoms with E-state index < -0.39 is 0 Å². The summed E-state index contributed by atoms with van der Waals surface area (Å²) in [5, 5.41) is 0. The van der Waals surface area contributed by atoms with E-state index in [4.69, 9.17) is 0 Å². The zero-order valence-corrected chi connectivity index (χ0v) is 14.4. The predicted octanol–water partition coefficient (Wildman–Crippen LogP) is 2.91. The van der Waals surface area contributed by atoms with Gasteiger partial charge < -0.3 is 9.80 Å². The van der Waals surface area contributed by atoms with Crippen molar-refractivity contribution in [1.82, 2.24) is 9.80 Å². The average molecular weight is 404 g/mol. The van der Waals surface area contributed by atoms with Crippen LogP contribution >= 0.6 is 31.9 Å². The summed E-state index contributed by atoms with van der Waals surface area (Å²) >= 11 is 6.73. The molecule has 6 heteroatoms. The van der Waals surface area contributed by atoms with E-state index in [-0.39, 0.29) is 18.4 Å². The third-order valence-corrected chi connectivity index (χ3v) is 4.49. The Hall–Kier alpha value is -0.880. The Labute approximate surface area is 135 Å². The lowest BCUT2D eigenvalue weighted by Gasteiger charge is -2.21. The van der Waals surface area contributed by atoms with Crippen LogP contribution in [0.25, 0.3) is 0 Å². The van der Waals surface area contributed by atoms with Crippen molar-refractivity contribution in [2.24, 2.45) is 0 Å². The number of carbonyl (C=O) groups excluding carboxylic acids is 2. The van der Waals surface area contributed by atoms with Gasteiger partial charge in [0, 0.05) is 29.1 Å². The Kier molecular flexibility index (Phi) is 5.21. The number of nitrogens with zero attached hydrogens (tertiary/aromatic N) is 2. The second kappa shape index (κ2) is 6.72. The monoisotopic (exact) mass is 402 g/mol. The summed E-state index contributed by atoms with van der Waals surface area (Å²) in [5.74, 6) is -0.136. The van der Waals surface area contributed by atoms with Gasteiger partial charge in [0.05, 0.1) is 12.1 Å². The van der Waals surface area contributed by atoms with E-state index in [1.54, 1.807) is 13.1 Å². The molecule has 1 heterocycles. The summed E-state index contributed by atoms with van der Waals surface area (Å²) in [7, 11) is 1.66. The van der Waals surface area contributed by atoms with Gasteiger partial charge in [-0.15, -0.1) is 0 Å². The molecular weight excluding hydrogens is 388 g/mol. The van der Waals surface area contributed by atoms with Gasteiger partial charge in [-0.2, -0.15) is 0 Å². The summed E-state index contributed by atoms with van der Waals surface area (Å²) in [6.07, 6.45) is 2.11. The number of benzene rings is 1. The molecule has 0 aromatic heterocycles. The first-order valence-corrected chi connectivity index (χ1v) is 8.06. The van der Waals surface area contributed by atoms with E-state index in [0.717, 1.165) is 34.9 Å². The van der Waals surface area contributed by atoms with E-state index >= 15 is 0 Å². The first-order chi connectivity index (χ1) is 9.49. The Bertz CT molecular complexity index is 528. The average Bonchev–Trinajstić information content (AvgIpc) is 2.91. The van der Waals surface area contributed by atoms with Gasteiger partial charge in [0.2, 0.25) is 5.91 Å². The maximum absolute atomic E-state index is 12.3. The zero-order valence-electron chi connectivity index (χ0n) is 11.2. The zero-order chi connectivity index (χ0) is 14.7. The van der Waals surface area contributed by atoms with Crippen LogP contribution in [0.2, 0.25) is 0 Å². The van der Waals surface area contributed by atoms with Crippen LogP contribution in [-0.2, 0) is 4.79 Å². The molecule has 1 aromatic rings. The molecule has 1 aliphatic heterocycles. The molecule has 108 valence electrons. The van der Waals surface area contributed by atoms with Crippen LogP contribution in [0.5, 0.6) is 0 Å². The molecule has 4 nitrogen and oxygen atoms in total. The molecule has 2 rings (SSSR count). The van der Waals surface area contributed by atoms with Crippen molar-refractivity contribution < 1.29 is 9.59 Å². The minimum Gasteiger partial charge on any atom is -0.341 e. The van der Waals surface area contributed by atoms with Crippen LogP contribution in [0.3, 0.4) is 0 Å². The van der Waals surface area contributed by atoms with E-state index in [9.17, 15) is 9.59 Å². The Morgan fingerprint density at radius 2 is 1.90 bits per heavy atom. The Morgan fingerprint density at radius 1 is 1.25 bits per heavy atom. The van der Waals surface area contributed by atoms with Crippen LogP contribution in [-0.4, -0.2) is 48.3 Å². The van der Waals surface area contributed by atoms with Gasteiger partial charge in [0.1, 0.15) is 0 Å². The Balaban J connectivity index is 2.02. The molecule has 0 saturated carbocycles. The van der Waals surface area contributed by atoms with Gasteiger partial charge in [-0.05, 0) is 47.0 Å². The normalized spacial score (nSPS) is 14.4. The number of hydrogen-bond donors (Lipinski definition) is 0. The van der Waals surface area contributed by atoms with Crippen LogP contribution in [0.15, 0.2) is 27.1 Å². The highest BCUT2D eigenvalue weighted by atomic mass is 79.9. The Morgan fingerprint density at radius 3 is 2.50 bits per heavy atom. The van der Waals surface area contributed by atoms with E-state index in [2.05, 4.69) is 31.9 Å². The minimum absolute atomic E-state index is 0.0200. The fourth-order valence-corrected chi connectivity index (χ4v) is 3.43. The van der Waals surface area contributed by atoms with E-state index in [1.807, 2.05) is 17.0 Å². The van der Waals surface area contributed by atoms with Gasteiger partial charge in [0.15, 0.2) is 0 Å². The predicted molar refractivity (Wildman–Crippen MR) is 84.6 cm³/mol. The quantitative estimate of drug-likeness (QED) is 0.778. The molecular formula is C14H16Br2N2O2. The SMILES string of the molecule is CN(CC(=O)N1CCCC1)C(=O)c1ccc(Br)cc1Br. The highest BCUT2D eigenvalue weighted by Gasteiger charge is 2.22. The lowest BCUT2D eigenvalue weighted by atomic mass is 10.2. The molecule has 1 saturated heterocycles. The molecule has 1 aromatic carbocycles. The van der Waals surface area contributed by atoms with Crippen LogP contribution in [0.4, 0.5) is 0 Å². The van der Waals surface area contributed by atoms with Crippen molar-refractivity contribution in [3.8, 4) is 0 Å². The standard InChI is InChI=1S/C14H16Br2N2O2/c1-17(9-13(19)18-6-2-3-7-18)14(20)11-5-4-10(15)8-12(11)16/h4-5,8H,2-3,6-7,9H2,1H3. The number of rotatable bonds is 3. The number of likely N-dealkylation sites (tertiary alicyclic amines) is 1. The molecule has 0 radical (unpaired) electrons. The second-order valence-electron chi connectivity index (χ2n) is 4.87. The van der Waals surface area contributed by atoms with Gasteiger partial charge in [-0.1, -0.05) is 15.9 Å². The van der Waals surface area contributed by atoms with Crippen molar-refractivity contribution in [1.29, 1.82) is 0 Å². The highest BCUT2D eigenvalue weighted by Crippen LogP contribution is 2.23. The third-order valence-electron chi connectivity index (χ3n) is 3.34. The fraction of sp³-hybridized carbons (Fsp3) is 0.429. The molecule has 0 unspecified atom stereocenters. The van der Waals surface area contributed by atoms with Crippen molar-refractivity contribution in [2.75, 3.05) is 26.7 Å². The molecule has 0 spiro atoms.